The monoisotopic (exact) mass is 338 g/mol. The number of halogens is 1. The molecule has 2 fully saturated rings. The number of hydrogen-bond acceptors (Lipinski definition) is 3. The minimum absolute atomic E-state index is 0.0513. The first-order chi connectivity index (χ1) is 9.74. The lowest BCUT2D eigenvalue weighted by Gasteiger charge is -2.35. The summed E-state index contributed by atoms with van der Waals surface area (Å²) < 4.78 is 6.66. The van der Waals surface area contributed by atoms with Crippen LogP contribution in [-0.4, -0.2) is 49.2 Å². The highest BCUT2D eigenvalue weighted by molar-refractivity contribution is 9.10. The number of carbonyl (C=O) groups excluding carboxylic acids is 1. The third kappa shape index (κ3) is 3.05. The third-order valence-corrected chi connectivity index (χ3v) is 4.76. The van der Waals surface area contributed by atoms with E-state index >= 15 is 0 Å². The molecule has 0 aromatic heterocycles. The van der Waals surface area contributed by atoms with Gasteiger partial charge in [0.05, 0.1) is 18.3 Å². The predicted molar refractivity (Wildman–Crippen MR) is 80.8 cm³/mol. The van der Waals surface area contributed by atoms with E-state index in [2.05, 4.69) is 26.1 Å². The number of rotatable bonds is 3. The van der Waals surface area contributed by atoms with Crippen molar-refractivity contribution in [3.8, 4) is 0 Å². The van der Waals surface area contributed by atoms with E-state index in [0.717, 1.165) is 17.6 Å². The summed E-state index contributed by atoms with van der Waals surface area (Å²) in [5.41, 5.74) is 0.669. The molecule has 0 unspecified atom stereocenters. The van der Waals surface area contributed by atoms with E-state index in [9.17, 15) is 4.79 Å². The zero-order valence-corrected chi connectivity index (χ0v) is 12.9. The van der Waals surface area contributed by atoms with Crippen LogP contribution in [0.2, 0.25) is 0 Å². The smallest absolute Gasteiger partial charge is 0.252 e. The van der Waals surface area contributed by atoms with Gasteiger partial charge in [-0.15, -0.1) is 0 Å². The van der Waals surface area contributed by atoms with Crippen LogP contribution in [0.4, 0.5) is 0 Å². The van der Waals surface area contributed by atoms with Gasteiger partial charge in [0, 0.05) is 23.6 Å². The van der Waals surface area contributed by atoms with Gasteiger partial charge >= 0.3 is 0 Å². The molecule has 0 radical (unpaired) electrons. The van der Waals surface area contributed by atoms with Gasteiger partial charge in [-0.1, -0.05) is 12.1 Å². The van der Waals surface area contributed by atoms with Crippen LogP contribution in [0.3, 0.4) is 0 Å². The third-order valence-electron chi connectivity index (χ3n) is 4.07. The fourth-order valence-electron chi connectivity index (χ4n) is 2.96. The van der Waals surface area contributed by atoms with E-state index < -0.39 is 0 Å². The summed E-state index contributed by atoms with van der Waals surface area (Å²) in [5.74, 6) is -0.0513. The highest BCUT2D eigenvalue weighted by Crippen LogP contribution is 2.22. The molecule has 0 bridgehead atoms. The van der Waals surface area contributed by atoms with Gasteiger partial charge in [-0.2, -0.15) is 0 Å². The molecule has 0 saturated carbocycles. The highest BCUT2D eigenvalue weighted by atomic mass is 79.9. The molecule has 1 N–H and O–H groups in total. The van der Waals surface area contributed by atoms with Crippen LogP contribution in [0.15, 0.2) is 28.7 Å². The van der Waals surface area contributed by atoms with Crippen molar-refractivity contribution in [3.05, 3.63) is 34.3 Å². The van der Waals surface area contributed by atoms with E-state index in [0.29, 0.717) is 18.2 Å². The van der Waals surface area contributed by atoms with E-state index in [1.165, 1.54) is 19.4 Å². The van der Waals surface area contributed by atoms with Gasteiger partial charge < -0.3 is 10.1 Å². The second-order valence-electron chi connectivity index (χ2n) is 5.44. The highest BCUT2D eigenvalue weighted by Gasteiger charge is 2.32. The van der Waals surface area contributed by atoms with E-state index in [1.807, 2.05) is 24.3 Å². The van der Waals surface area contributed by atoms with Crippen molar-refractivity contribution in [2.24, 2.45) is 0 Å². The number of nitrogens with one attached hydrogen (secondary N) is 1. The quantitative estimate of drug-likeness (QED) is 0.916. The zero-order valence-electron chi connectivity index (χ0n) is 11.3. The summed E-state index contributed by atoms with van der Waals surface area (Å²) in [6, 6.07) is 8.06. The lowest BCUT2D eigenvalue weighted by atomic mass is 10.1. The first-order valence-corrected chi connectivity index (χ1v) is 7.92. The molecule has 1 aromatic rings. The maximum atomic E-state index is 12.1. The number of fused-ring (bicyclic) bond motifs is 1. The maximum absolute atomic E-state index is 12.1. The van der Waals surface area contributed by atoms with Crippen molar-refractivity contribution < 1.29 is 9.53 Å². The number of amides is 1. The Morgan fingerprint density at radius 1 is 1.45 bits per heavy atom. The van der Waals surface area contributed by atoms with Gasteiger partial charge in [-0.25, -0.2) is 0 Å². The van der Waals surface area contributed by atoms with Crippen LogP contribution >= 0.6 is 15.9 Å². The van der Waals surface area contributed by atoms with Crippen LogP contribution in [0.5, 0.6) is 0 Å². The molecular weight excluding hydrogens is 320 g/mol. The van der Waals surface area contributed by atoms with Crippen molar-refractivity contribution in [2.75, 3.05) is 26.2 Å². The van der Waals surface area contributed by atoms with Crippen molar-refractivity contribution in [2.45, 2.75) is 25.0 Å². The minimum Gasteiger partial charge on any atom is -0.373 e. The predicted octanol–water partition coefficient (Wildman–Crippen LogP) is 2.04. The molecule has 1 aromatic carbocycles. The Labute approximate surface area is 127 Å². The summed E-state index contributed by atoms with van der Waals surface area (Å²) in [7, 11) is 0. The first-order valence-electron chi connectivity index (χ1n) is 7.12. The molecule has 2 aliphatic heterocycles. The second-order valence-corrected chi connectivity index (χ2v) is 6.29. The summed E-state index contributed by atoms with van der Waals surface area (Å²) >= 11 is 3.40. The molecule has 0 aliphatic carbocycles. The van der Waals surface area contributed by atoms with Gasteiger partial charge in [0.25, 0.3) is 5.91 Å². The lowest BCUT2D eigenvalue weighted by molar-refractivity contribution is -0.0461. The van der Waals surface area contributed by atoms with E-state index in [1.54, 1.807) is 0 Å². The number of nitrogens with zero attached hydrogens (tertiary/aromatic N) is 1. The summed E-state index contributed by atoms with van der Waals surface area (Å²) in [6.07, 6.45) is 2.62. The number of hydrogen-bond donors (Lipinski definition) is 1. The van der Waals surface area contributed by atoms with E-state index in [4.69, 9.17) is 4.74 Å². The van der Waals surface area contributed by atoms with Crippen molar-refractivity contribution in [1.82, 2.24) is 10.2 Å². The number of morpholine rings is 1. The Morgan fingerprint density at radius 3 is 3.15 bits per heavy atom. The van der Waals surface area contributed by atoms with Crippen LogP contribution in [0.25, 0.3) is 0 Å². The van der Waals surface area contributed by atoms with Crippen molar-refractivity contribution in [1.29, 1.82) is 0 Å². The molecule has 2 saturated heterocycles. The van der Waals surface area contributed by atoms with Crippen LogP contribution < -0.4 is 5.32 Å². The number of ether oxygens (including phenoxy) is 1. The molecule has 1 amide bonds. The minimum atomic E-state index is -0.0513. The Kier molecular flexibility index (Phi) is 4.38. The second kappa shape index (κ2) is 6.24. The molecule has 4 nitrogen and oxygen atoms in total. The van der Waals surface area contributed by atoms with Crippen LogP contribution in [-0.2, 0) is 4.74 Å². The van der Waals surface area contributed by atoms with E-state index in [-0.39, 0.29) is 12.0 Å². The molecule has 2 heterocycles. The zero-order chi connectivity index (χ0) is 13.9. The van der Waals surface area contributed by atoms with Crippen molar-refractivity contribution >= 4 is 21.8 Å². The molecule has 5 heteroatoms. The van der Waals surface area contributed by atoms with Gasteiger partial charge in [0.2, 0.25) is 0 Å². The van der Waals surface area contributed by atoms with Crippen molar-refractivity contribution in [3.63, 3.8) is 0 Å². The Morgan fingerprint density at radius 2 is 2.30 bits per heavy atom. The molecule has 3 rings (SSSR count). The Hall–Kier alpha value is -0.910. The molecular formula is C15H19BrN2O2. The lowest BCUT2D eigenvalue weighted by Crippen LogP contribution is -2.50. The maximum Gasteiger partial charge on any atom is 0.252 e. The van der Waals surface area contributed by atoms with Gasteiger partial charge in [0.15, 0.2) is 0 Å². The van der Waals surface area contributed by atoms with Gasteiger partial charge in [-0.05, 0) is 47.4 Å². The molecule has 2 atom stereocenters. The number of benzene rings is 1. The van der Waals surface area contributed by atoms with Gasteiger partial charge in [0.1, 0.15) is 0 Å². The molecule has 0 spiro atoms. The molecule has 20 heavy (non-hydrogen) atoms. The van der Waals surface area contributed by atoms with Gasteiger partial charge in [-0.3, -0.25) is 9.69 Å². The molecule has 108 valence electrons. The van der Waals surface area contributed by atoms with Crippen LogP contribution in [0.1, 0.15) is 23.2 Å². The standard InChI is InChI=1S/C15H19BrN2O2/c16-14-6-2-1-5-13(14)15(19)17-8-12-9-18-7-3-4-11(18)10-20-12/h1-2,5-6,11-12H,3-4,7-10H2,(H,17,19)/t11-,12-/m0/s1. The Balaban J connectivity index is 1.52. The average Bonchev–Trinajstić information content (AvgIpc) is 2.92. The molecule has 2 aliphatic rings. The average molecular weight is 339 g/mol. The topological polar surface area (TPSA) is 41.6 Å². The summed E-state index contributed by atoms with van der Waals surface area (Å²) in [4.78, 5) is 14.6. The SMILES string of the molecule is O=C(NC[C@H]1CN2CCC[C@H]2CO1)c1ccccc1Br. The Bertz CT molecular complexity index is 495. The fraction of sp³-hybridized carbons (Fsp3) is 0.533. The summed E-state index contributed by atoms with van der Waals surface area (Å²) in [5, 5.41) is 2.97. The fourth-order valence-corrected chi connectivity index (χ4v) is 3.42. The normalized spacial score (nSPS) is 26.2. The number of carbonyl (C=O) groups is 1. The summed E-state index contributed by atoms with van der Waals surface area (Å²) in [6.45, 7) is 3.47. The van der Waals surface area contributed by atoms with Crippen LogP contribution in [0, 0.1) is 0 Å². The largest absolute Gasteiger partial charge is 0.373 e. The first kappa shape index (κ1) is 14.0.